The minimum atomic E-state index is 0.160. The normalized spacial score (nSPS) is 18.6. The minimum Gasteiger partial charge on any atom is -0.351 e. The number of fused-ring (bicyclic) bond motifs is 3. The van der Waals surface area contributed by atoms with Crippen LogP contribution < -0.4 is 4.90 Å². The fourth-order valence-electron chi connectivity index (χ4n) is 3.61. The molecule has 1 saturated heterocycles. The van der Waals surface area contributed by atoms with Gasteiger partial charge in [-0.1, -0.05) is 0 Å². The molecule has 2 aromatic heterocycles. The molecule has 6 nitrogen and oxygen atoms in total. The molecule has 0 unspecified atom stereocenters. The number of carbonyl (C=O) groups is 1. The first kappa shape index (κ1) is 13.5. The van der Waals surface area contributed by atoms with Crippen molar-refractivity contribution >= 4 is 17.2 Å². The van der Waals surface area contributed by atoms with Gasteiger partial charge in [0.25, 0.3) is 0 Å². The fraction of sp³-hybridized carbons (Fsp3) is 0.562. The second-order valence-electron chi connectivity index (χ2n) is 6.17. The lowest BCUT2D eigenvalue weighted by Gasteiger charge is -2.35. The summed E-state index contributed by atoms with van der Waals surface area (Å²) < 4.78 is 2.00. The fourth-order valence-corrected chi connectivity index (χ4v) is 3.61. The highest BCUT2D eigenvalue weighted by Gasteiger charge is 2.25. The summed E-state index contributed by atoms with van der Waals surface area (Å²) in [6.45, 7) is 4.86. The molecule has 22 heavy (non-hydrogen) atoms. The Bertz CT molecular complexity index is 715. The zero-order valence-electron chi connectivity index (χ0n) is 13.0. The second-order valence-corrected chi connectivity index (χ2v) is 6.17. The standard InChI is InChI=1S/C16H21N5O/c1-12(22)19-8-10-20(11-9-19)16-15-13-4-2-3-5-14(13)18-21(15)7-6-17-16/h6-7H,2-5,8-11H2,1H3. The molecule has 0 atom stereocenters. The Kier molecular flexibility index (Phi) is 3.24. The predicted molar refractivity (Wildman–Crippen MR) is 84.1 cm³/mol. The highest BCUT2D eigenvalue weighted by Crippen LogP contribution is 2.30. The summed E-state index contributed by atoms with van der Waals surface area (Å²) >= 11 is 0. The number of amides is 1. The van der Waals surface area contributed by atoms with Gasteiger partial charge in [0, 0.05) is 51.1 Å². The van der Waals surface area contributed by atoms with Gasteiger partial charge in [-0.25, -0.2) is 9.50 Å². The van der Waals surface area contributed by atoms with E-state index in [0.717, 1.165) is 44.8 Å². The first-order chi connectivity index (χ1) is 10.7. The van der Waals surface area contributed by atoms with Gasteiger partial charge in [-0.3, -0.25) is 4.79 Å². The maximum absolute atomic E-state index is 11.5. The van der Waals surface area contributed by atoms with E-state index in [1.807, 2.05) is 21.8 Å². The molecular weight excluding hydrogens is 278 g/mol. The molecule has 2 aliphatic rings. The zero-order valence-corrected chi connectivity index (χ0v) is 13.0. The smallest absolute Gasteiger partial charge is 0.219 e. The Morgan fingerprint density at radius 1 is 1.14 bits per heavy atom. The van der Waals surface area contributed by atoms with Gasteiger partial charge in [-0.05, 0) is 25.7 Å². The molecule has 4 rings (SSSR count). The SMILES string of the molecule is CC(=O)N1CCN(c2nccn3nc4c(c23)CCCC4)CC1. The van der Waals surface area contributed by atoms with E-state index < -0.39 is 0 Å². The lowest BCUT2D eigenvalue weighted by Crippen LogP contribution is -2.48. The van der Waals surface area contributed by atoms with Crippen LogP contribution in [-0.2, 0) is 17.6 Å². The van der Waals surface area contributed by atoms with Crippen LogP contribution in [0.4, 0.5) is 5.82 Å². The quantitative estimate of drug-likeness (QED) is 0.796. The van der Waals surface area contributed by atoms with Crippen LogP contribution in [0.1, 0.15) is 31.0 Å². The average Bonchev–Trinajstić information content (AvgIpc) is 2.93. The van der Waals surface area contributed by atoms with E-state index in [9.17, 15) is 4.79 Å². The molecule has 1 aliphatic heterocycles. The molecule has 3 heterocycles. The molecule has 0 N–H and O–H groups in total. The van der Waals surface area contributed by atoms with Crippen molar-refractivity contribution in [3.8, 4) is 0 Å². The summed E-state index contributed by atoms with van der Waals surface area (Å²) in [5, 5.41) is 4.74. The number of hydrogen-bond donors (Lipinski definition) is 0. The van der Waals surface area contributed by atoms with Gasteiger partial charge < -0.3 is 9.80 Å². The van der Waals surface area contributed by atoms with Crippen molar-refractivity contribution in [2.24, 2.45) is 0 Å². The maximum Gasteiger partial charge on any atom is 0.219 e. The van der Waals surface area contributed by atoms with Gasteiger partial charge in [0.15, 0.2) is 5.82 Å². The Morgan fingerprint density at radius 3 is 2.68 bits per heavy atom. The van der Waals surface area contributed by atoms with Crippen molar-refractivity contribution in [1.29, 1.82) is 0 Å². The summed E-state index contributed by atoms with van der Waals surface area (Å²) in [5.41, 5.74) is 3.79. The number of rotatable bonds is 1. The Morgan fingerprint density at radius 2 is 1.91 bits per heavy atom. The zero-order chi connectivity index (χ0) is 15.1. The molecule has 1 fully saturated rings. The van der Waals surface area contributed by atoms with Crippen LogP contribution in [0.3, 0.4) is 0 Å². The van der Waals surface area contributed by atoms with Gasteiger partial charge in [0.2, 0.25) is 5.91 Å². The molecule has 0 bridgehead atoms. The highest BCUT2D eigenvalue weighted by atomic mass is 16.2. The second kappa shape index (κ2) is 5.26. The molecule has 1 aliphatic carbocycles. The topological polar surface area (TPSA) is 53.7 Å². The van der Waals surface area contributed by atoms with Crippen molar-refractivity contribution in [3.63, 3.8) is 0 Å². The van der Waals surface area contributed by atoms with E-state index in [1.165, 1.54) is 29.6 Å². The number of piperazine rings is 1. The Balaban J connectivity index is 1.70. The number of anilines is 1. The molecule has 0 radical (unpaired) electrons. The van der Waals surface area contributed by atoms with Crippen LogP contribution in [0.5, 0.6) is 0 Å². The predicted octanol–water partition coefficient (Wildman–Crippen LogP) is 1.28. The first-order valence-electron chi connectivity index (χ1n) is 8.09. The number of nitrogens with zero attached hydrogens (tertiary/aromatic N) is 5. The van der Waals surface area contributed by atoms with E-state index in [-0.39, 0.29) is 5.91 Å². The van der Waals surface area contributed by atoms with Crippen molar-refractivity contribution < 1.29 is 4.79 Å². The number of hydrogen-bond acceptors (Lipinski definition) is 4. The third-order valence-corrected chi connectivity index (χ3v) is 4.82. The van der Waals surface area contributed by atoms with Crippen LogP contribution in [0.15, 0.2) is 12.4 Å². The van der Waals surface area contributed by atoms with Gasteiger partial charge in [0.05, 0.1) is 5.69 Å². The summed E-state index contributed by atoms with van der Waals surface area (Å²) in [6, 6.07) is 0. The van der Waals surface area contributed by atoms with Crippen LogP contribution in [0.2, 0.25) is 0 Å². The summed E-state index contributed by atoms with van der Waals surface area (Å²) in [4.78, 5) is 20.3. The average molecular weight is 299 g/mol. The van der Waals surface area contributed by atoms with Gasteiger partial charge >= 0.3 is 0 Å². The molecule has 2 aromatic rings. The Hall–Kier alpha value is -2.11. The third-order valence-electron chi connectivity index (χ3n) is 4.82. The van der Waals surface area contributed by atoms with E-state index in [2.05, 4.69) is 9.88 Å². The van der Waals surface area contributed by atoms with Crippen molar-refractivity contribution in [2.45, 2.75) is 32.6 Å². The molecule has 1 amide bonds. The van der Waals surface area contributed by atoms with Crippen molar-refractivity contribution in [3.05, 3.63) is 23.7 Å². The minimum absolute atomic E-state index is 0.160. The molecular formula is C16H21N5O. The van der Waals surface area contributed by atoms with Gasteiger partial charge in [-0.15, -0.1) is 0 Å². The lowest BCUT2D eigenvalue weighted by atomic mass is 9.97. The van der Waals surface area contributed by atoms with E-state index >= 15 is 0 Å². The number of aryl methyl sites for hydroxylation is 2. The van der Waals surface area contributed by atoms with Crippen molar-refractivity contribution in [1.82, 2.24) is 19.5 Å². The van der Waals surface area contributed by atoms with Gasteiger partial charge in [-0.2, -0.15) is 5.10 Å². The van der Waals surface area contributed by atoms with E-state index in [4.69, 9.17) is 5.10 Å². The van der Waals surface area contributed by atoms with E-state index in [1.54, 1.807) is 6.92 Å². The maximum atomic E-state index is 11.5. The Labute approximate surface area is 129 Å². The summed E-state index contributed by atoms with van der Waals surface area (Å²) in [5.74, 6) is 1.19. The van der Waals surface area contributed by atoms with Crippen LogP contribution in [0.25, 0.3) is 5.52 Å². The summed E-state index contributed by atoms with van der Waals surface area (Å²) in [7, 11) is 0. The van der Waals surface area contributed by atoms with Crippen molar-refractivity contribution in [2.75, 3.05) is 31.1 Å². The number of carbonyl (C=O) groups excluding carboxylic acids is 1. The molecule has 0 spiro atoms. The number of aromatic nitrogens is 3. The highest BCUT2D eigenvalue weighted by molar-refractivity contribution is 5.76. The van der Waals surface area contributed by atoms with Crippen LogP contribution in [-0.4, -0.2) is 51.6 Å². The molecule has 0 saturated carbocycles. The van der Waals surface area contributed by atoms with E-state index in [0.29, 0.717) is 0 Å². The lowest BCUT2D eigenvalue weighted by molar-refractivity contribution is -0.129. The molecule has 6 heteroatoms. The molecule has 0 aromatic carbocycles. The van der Waals surface area contributed by atoms with Crippen LogP contribution in [0, 0.1) is 0 Å². The monoisotopic (exact) mass is 299 g/mol. The van der Waals surface area contributed by atoms with Gasteiger partial charge in [0.1, 0.15) is 5.52 Å². The van der Waals surface area contributed by atoms with Crippen LogP contribution >= 0.6 is 0 Å². The summed E-state index contributed by atoms with van der Waals surface area (Å²) in [6.07, 6.45) is 8.43. The molecule has 116 valence electrons. The largest absolute Gasteiger partial charge is 0.351 e. The third kappa shape index (κ3) is 2.14. The first-order valence-corrected chi connectivity index (χ1v) is 8.09.